The summed E-state index contributed by atoms with van der Waals surface area (Å²) in [6.07, 6.45) is 9.40. The quantitative estimate of drug-likeness (QED) is 0.846. The standard InChI is InChI=1S/C19H25N5O2S/c1-12-11-20-19(27-12)22-18(26)21-14-6-8-15(9-7-14)24-17(25)10-13-4-2-3-5-16(13)23-24/h10-11,14-15H,2-9H2,1H3,(H2,20,21,22,26). The molecule has 0 spiro atoms. The van der Waals surface area contributed by atoms with Gasteiger partial charge >= 0.3 is 6.03 Å². The fraction of sp³-hybridized carbons (Fsp3) is 0.579. The normalized spacial score (nSPS) is 22.1. The number of carbonyl (C=O) groups excluding carboxylic acids is 1. The number of amides is 2. The summed E-state index contributed by atoms with van der Waals surface area (Å²) < 4.78 is 1.69. The highest BCUT2D eigenvalue weighted by atomic mass is 32.1. The second-order valence-electron chi connectivity index (χ2n) is 7.49. The second kappa shape index (κ2) is 7.80. The van der Waals surface area contributed by atoms with Gasteiger partial charge in [0.25, 0.3) is 5.56 Å². The Labute approximate surface area is 162 Å². The largest absolute Gasteiger partial charge is 0.335 e. The molecule has 2 aliphatic rings. The van der Waals surface area contributed by atoms with Crippen LogP contribution in [0.1, 0.15) is 60.7 Å². The molecule has 2 aliphatic carbocycles. The topological polar surface area (TPSA) is 88.9 Å². The third kappa shape index (κ3) is 4.21. The van der Waals surface area contributed by atoms with Crippen molar-refractivity contribution in [3.05, 3.63) is 38.8 Å². The van der Waals surface area contributed by atoms with E-state index in [0.717, 1.165) is 67.5 Å². The molecule has 2 aromatic heterocycles. The molecule has 27 heavy (non-hydrogen) atoms. The number of urea groups is 1. The third-order valence-electron chi connectivity index (χ3n) is 5.45. The van der Waals surface area contributed by atoms with Crippen molar-refractivity contribution in [3.63, 3.8) is 0 Å². The zero-order chi connectivity index (χ0) is 18.8. The lowest BCUT2D eigenvalue weighted by Crippen LogP contribution is -2.41. The molecule has 0 unspecified atom stereocenters. The number of rotatable bonds is 3. The van der Waals surface area contributed by atoms with Crippen LogP contribution in [0.2, 0.25) is 0 Å². The molecule has 1 fully saturated rings. The maximum absolute atomic E-state index is 12.5. The van der Waals surface area contributed by atoms with E-state index < -0.39 is 0 Å². The molecule has 0 atom stereocenters. The lowest BCUT2D eigenvalue weighted by molar-refractivity contribution is 0.234. The predicted molar refractivity (Wildman–Crippen MR) is 105 cm³/mol. The number of nitrogens with one attached hydrogen (secondary N) is 2. The van der Waals surface area contributed by atoms with Gasteiger partial charge < -0.3 is 5.32 Å². The third-order valence-corrected chi connectivity index (χ3v) is 6.28. The highest BCUT2D eigenvalue weighted by Crippen LogP contribution is 2.28. The molecule has 2 aromatic rings. The maximum Gasteiger partial charge on any atom is 0.321 e. The molecule has 0 bridgehead atoms. The molecule has 0 aliphatic heterocycles. The first kappa shape index (κ1) is 18.2. The Balaban J connectivity index is 1.34. The number of hydrogen-bond donors (Lipinski definition) is 2. The van der Waals surface area contributed by atoms with Crippen molar-refractivity contribution in [2.24, 2.45) is 0 Å². The van der Waals surface area contributed by atoms with Gasteiger partial charge in [-0.3, -0.25) is 10.1 Å². The van der Waals surface area contributed by atoms with Gasteiger partial charge in [0.15, 0.2) is 5.13 Å². The first-order valence-corrected chi connectivity index (χ1v) is 10.5. The van der Waals surface area contributed by atoms with Crippen molar-refractivity contribution in [1.82, 2.24) is 20.1 Å². The average Bonchev–Trinajstić information content (AvgIpc) is 3.06. The minimum atomic E-state index is -0.211. The average molecular weight is 388 g/mol. The van der Waals surface area contributed by atoms with Gasteiger partial charge in [0.2, 0.25) is 0 Å². The summed E-state index contributed by atoms with van der Waals surface area (Å²) in [5.74, 6) is 0. The van der Waals surface area contributed by atoms with E-state index in [1.165, 1.54) is 11.3 Å². The summed E-state index contributed by atoms with van der Waals surface area (Å²) in [6.45, 7) is 1.96. The van der Waals surface area contributed by atoms with Gasteiger partial charge in [0.1, 0.15) is 0 Å². The number of thiazole rings is 1. The Morgan fingerprint density at radius 1 is 1.22 bits per heavy atom. The van der Waals surface area contributed by atoms with Crippen molar-refractivity contribution in [2.45, 2.75) is 70.4 Å². The van der Waals surface area contributed by atoms with Crippen LogP contribution in [0.15, 0.2) is 17.1 Å². The van der Waals surface area contributed by atoms with Gasteiger partial charge in [-0.25, -0.2) is 14.5 Å². The lowest BCUT2D eigenvalue weighted by Gasteiger charge is -2.30. The van der Waals surface area contributed by atoms with E-state index >= 15 is 0 Å². The van der Waals surface area contributed by atoms with E-state index in [0.29, 0.717) is 5.13 Å². The fourth-order valence-corrected chi connectivity index (χ4v) is 4.69. The van der Waals surface area contributed by atoms with Gasteiger partial charge in [0, 0.05) is 23.2 Å². The molecule has 0 radical (unpaired) electrons. The minimum absolute atomic E-state index is 0.0175. The molecule has 2 N–H and O–H groups in total. The minimum Gasteiger partial charge on any atom is -0.335 e. The summed E-state index contributed by atoms with van der Waals surface area (Å²) in [4.78, 5) is 29.8. The zero-order valence-electron chi connectivity index (χ0n) is 15.5. The van der Waals surface area contributed by atoms with Gasteiger partial charge in [-0.15, -0.1) is 11.3 Å². The Bertz CT molecular complexity index is 882. The van der Waals surface area contributed by atoms with E-state index in [1.54, 1.807) is 16.9 Å². The number of aryl methyl sites for hydroxylation is 3. The first-order chi connectivity index (χ1) is 13.1. The van der Waals surface area contributed by atoms with Gasteiger partial charge in [0.05, 0.1) is 11.7 Å². The maximum atomic E-state index is 12.5. The monoisotopic (exact) mass is 387 g/mol. The van der Waals surface area contributed by atoms with Crippen LogP contribution >= 0.6 is 11.3 Å². The molecular weight excluding hydrogens is 362 g/mol. The highest BCUT2D eigenvalue weighted by molar-refractivity contribution is 7.15. The number of hydrogen-bond acceptors (Lipinski definition) is 5. The number of anilines is 1. The molecule has 2 amide bonds. The van der Waals surface area contributed by atoms with E-state index in [9.17, 15) is 9.59 Å². The van der Waals surface area contributed by atoms with Gasteiger partial charge in [-0.2, -0.15) is 5.10 Å². The van der Waals surface area contributed by atoms with E-state index in [-0.39, 0.29) is 23.7 Å². The molecule has 144 valence electrons. The summed E-state index contributed by atoms with van der Waals surface area (Å²) in [7, 11) is 0. The van der Waals surface area contributed by atoms with Crippen LogP contribution in [0.4, 0.5) is 9.93 Å². The van der Waals surface area contributed by atoms with Crippen LogP contribution in [0, 0.1) is 6.92 Å². The molecule has 7 nitrogen and oxygen atoms in total. The van der Waals surface area contributed by atoms with Crippen molar-refractivity contribution >= 4 is 22.5 Å². The Morgan fingerprint density at radius 3 is 2.74 bits per heavy atom. The second-order valence-corrected chi connectivity index (χ2v) is 8.72. The van der Waals surface area contributed by atoms with E-state index in [4.69, 9.17) is 0 Å². The highest BCUT2D eigenvalue weighted by Gasteiger charge is 2.26. The fourth-order valence-electron chi connectivity index (χ4n) is 4.03. The predicted octanol–water partition coefficient (Wildman–Crippen LogP) is 3.19. The SMILES string of the molecule is Cc1cnc(NC(=O)NC2CCC(n3nc4c(cc3=O)CCCC4)CC2)s1. The van der Waals surface area contributed by atoms with Gasteiger partial charge in [-0.05, 0) is 63.9 Å². The number of aromatic nitrogens is 3. The number of fused-ring (bicyclic) bond motifs is 1. The summed E-state index contributed by atoms with van der Waals surface area (Å²) in [6, 6.07) is 1.83. The smallest absolute Gasteiger partial charge is 0.321 e. The van der Waals surface area contributed by atoms with Crippen LogP contribution in [-0.2, 0) is 12.8 Å². The van der Waals surface area contributed by atoms with E-state index in [1.807, 2.05) is 6.92 Å². The lowest BCUT2D eigenvalue weighted by atomic mass is 9.91. The van der Waals surface area contributed by atoms with Crippen LogP contribution in [0.5, 0.6) is 0 Å². The molecule has 1 saturated carbocycles. The Hall–Kier alpha value is -2.22. The number of nitrogens with zero attached hydrogens (tertiary/aromatic N) is 3. The molecule has 0 saturated heterocycles. The summed E-state index contributed by atoms with van der Waals surface area (Å²) in [5.41, 5.74) is 2.25. The first-order valence-electron chi connectivity index (χ1n) is 9.70. The van der Waals surface area contributed by atoms with Crippen molar-refractivity contribution in [2.75, 3.05) is 5.32 Å². The van der Waals surface area contributed by atoms with Crippen molar-refractivity contribution < 1.29 is 4.79 Å². The van der Waals surface area contributed by atoms with Crippen molar-refractivity contribution in [3.8, 4) is 0 Å². The van der Waals surface area contributed by atoms with Crippen LogP contribution < -0.4 is 16.2 Å². The molecule has 8 heteroatoms. The van der Waals surface area contributed by atoms with Crippen LogP contribution in [0.25, 0.3) is 0 Å². The Morgan fingerprint density at radius 2 is 2.00 bits per heavy atom. The molecular formula is C19H25N5O2S. The number of carbonyl (C=O) groups is 1. The summed E-state index contributed by atoms with van der Waals surface area (Å²) in [5, 5.41) is 11.1. The van der Waals surface area contributed by atoms with E-state index in [2.05, 4.69) is 20.7 Å². The van der Waals surface area contributed by atoms with Crippen LogP contribution in [0.3, 0.4) is 0 Å². The molecule has 0 aromatic carbocycles. The van der Waals surface area contributed by atoms with Crippen molar-refractivity contribution in [1.29, 1.82) is 0 Å². The Kier molecular flexibility index (Phi) is 5.24. The molecule has 2 heterocycles. The summed E-state index contributed by atoms with van der Waals surface area (Å²) >= 11 is 1.46. The zero-order valence-corrected chi connectivity index (χ0v) is 16.3. The van der Waals surface area contributed by atoms with Gasteiger partial charge in [-0.1, -0.05) is 0 Å². The molecule has 4 rings (SSSR count). The van der Waals surface area contributed by atoms with Crippen LogP contribution in [-0.4, -0.2) is 26.8 Å².